The number of amides is 1. The molecule has 1 aromatic rings. The first kappa shape index (κ1) is 16.6. The number of likely N-dealkylation sites (N-methyl/N-ethyl adjacent to an activating group) is 1. The van der Waals surface area contributed by atoms with Crippen molar-refractivity contribution in [3.8, 4) is 0 Å². The van der Waals surface area contributed by atoms with E-state index in [1.54, 1.807) is 51.2 Å². The highest BCUT2D eigenvalue weighted by molar-refractivity contribution is 6.00. The third-order valence-electron chi connectivity index (χ3n) is 3.07. The number of allylic oxidation sites excluding steroid dienone is 1. The number of hydrogen-bond acceptors (Lipinski definition) is 4. The number of hydrogen-bond donors (Lipinski definition) is 0. The predicted molar refractivity (Wildman–Crippen MR) is 79.7 cm³/mol. The molecule has 0 fully saturated rings. The van der Waals surface area contributed by atoms with Gasteiger partial charge in [0.15, 0.2) is 0 Å². The van der Waals surface area contributed by atoms with Crippen LogP contribution in [0.3, 0.4) is 0 Å². The van der Waals surface area contributed by atoms with Crippen LogP contribution in [0.1, 0.15) is 29.8 Å². The number of aldehydes is 1. The van der Waals surface area contributed by atoms with Crippen molar-refractivity contribution in [2.24, 2.45) is 0 Å². The molecule has 0 aromatic heterocycles. The Hall–Kier alpha value is -2.43. The van der Waals surface area contributed by atoms with Gasteiger partial charge in [-0.25, -0.2) is 4.79 Å². The fourth-order valence-corrected chi connectivity index (χ4v) is 1.77. The Morgan fingerprint density at radius 2 is 2.00 bits per heavy atom. The average molecular weight is 289 g/mol. The highest BCUT2D eigenvalue weighted by Gasteiger charge is 2.25. The third-order valence-corrected chi connectivity index (χ3v) is 3.07. The Labute approximate surface area is 124 Å². The number of rotatable bonds is 6. The summed E-state index contributed by atoms with van der Waals surface area (Å²) in [4.78, 5) is 35.9. The normalized spacial score (nSPS) is 12.0. The molecule has 112 valence electrons. The highest BCUT2D eigenvalue weighted by Crippen LogP contribution is 2.14. The first-order chi connectivity index (χ1) is 10.0. The van der Waals surface area contributed by atoms with Crippen molar-refractivity contribution in [2.75, 3.05) is 13.7 Å². The second-order valence-corrected chi connectivity index (χ2v) is 4.43. The van der Waals surface area contributed by atoms with Gasteiger partial charge in [-0.1, -0.05) is 24.3 Å². The molecule has 1 aromatic carbocycles. The Bertz CT molecular complexity index is 551. The Kier molecular flexibility index (Phi) is 6.33. The zero-order valence-corrected chi connectivity index (χ0v) is 12.4. The van der Waals surface area contributed by atoms with E-state index in [0.717, 1.165) is 0 Å². The number of carbonyl (C=O) groups is 3. The van der Waals surface area contributed by atoms with Crippen LogP contribution in [-0.4, -0.2) is 42.8 Å². The van der Waals surface area contributed by atoms with E-state index >= 15 is 0 Å². The van der Waals surface area contributed by atoms with E-state index in [4.69, 9.17) is 4.74 Å². The molecule has 1 rings (SSSR count). The minimum Gasteiger partial charge on any atom is -0.464 e. The maximum absolute atomic E-state index is 12.5. The first-order valence-corrected chi connectivity index (χ1v) is 6.67. The number of benzene rings is 1. The Morgan fingerprint density at radius 3 is 2.62 bits per heavy atom. The Balaban J connectivity index is 3.00. The van der Waals surface area contributed by atoms with Gasteiger partial charge in [0.05, 0.1) is 6.61 Å². The molecule has 5 nitrogen and oxygen atoms in total. The summed E-state index contributed by atoms with van der Waals surface area (Å²) in [6, 6.07) is 6.21. The predicted octanol–water partition coefficient (Wildman–Crippen LogP) is 1.92. The number of nitrogens with zero attached hydrogens (tertiary/aromatic N) is 1. The van der Waals surface area contributed by atoms with Crippen molar-refractivity contribution in [3.05, 3.63) is 41.5 Å². The molecular formula is C16H19NO4. The lowest BCUT2D eigenvalue weighted by Crippen LogP contribution is -2.41. The lowest BCUT2D eigenvalue weighted by atomic mass is 10.1. The van der Waals surface area contributed by atoms with Gasteiger partial charge in [0, 0.05) is 12.6 Å². The van der Waals surface area contributed by atoms with Crippen LogP contribution in [-0.2, 0) is 14.3 Å². The summed E-state index contributed by atoms with van der Waals surface area (Å²) in [5, 5.41) is 0. The lowest BCUT2D eigenvalue weighted by molar-refractivity contribution is -0.147. The van der Waals surface area contributed by atoms with Crippen LogP contribution in [0.2, 0.25) is 0 Å². The summed E-state index contributed by atoms with van der Waals surface area (Å²) >= 11 is 0. The summed E-state index contributed by atoms with van der Waals surface area (Å²) in [6.07, 6.45) is 3.52. The van der Waals surface area contributed by atoms with E-state index < -0.39 is 12.0 Å². The summed E-state index contributed by atoms with van der Waals surface area (Å²) in [5.41, 5.74) is 1.05. The van der Waals surface area contributed by atoms with Crippen molar-refractivity contribution < 1.29 is 19.1 Å². The van der Waals surface area contributed by atoms with E-state index in [1.807, 2.05) is 0 Å². The van der Waals surface area contributed by atoms with Crippen LogP contribution in [0.25, 0.3) is 6.08 Å². The standard InChI is InChI=1S/C16H19NO4/c1-4-21-16(20)12(2)17(3)15(19)14-10-6-5-8-13(14)9-7-11-18/h5-12H,4H2,1-3H3/b9-7+. The van der Waals surface area contributed by atoms with Gasteiger partial charge in [-0.2, -0.15) is 0 Å². The molecule has 0 saturated heterocycles. The van der Waals surface area contributed by atoms with E-state index in [-0.39, 0.29) is 12.5 Å². The average Bonchev–Trinajstić information content (AvgIpc) is 2.51. The van der Waals surface area contributed by atoms with Gasteiger partial charge in [0.25, 0.3) is 5.91 Å². The molecule has 0 aliphatic heterocycles. The van der Waals surface area contributed by atoms with Gasteiger partial charge in [0.2, 0.25) is 0 Å². The second-order valence-electron chi connectivity index (χ2n) is 4.43. The fraction of sp³-hybridized carbons (Fsp3) is 0.312. The maximum Gasteiger partial charge on any atom is 0.328 e. The lowest BCUT2D eigenvalue weighted by Gasteiger charge is -2.24. The summed E-state index contributed by atoms with van der Waals surface area (Å²) < 4.78 is 4.91. The van der Waals surface area contributed by atoms with Crippen LogP contribution in [0.15, 0.2) is 30.3 Å². The molecule has 0 saturated carbocycles. The summed E-state index contributed by atoms with van der Waals surface area (Å²) in [7, 11) is 1.55. The Morgan fingerprint density at radius 1 is 1.33 bits per heavy atom. The highest BCUT2D eigenvalue weighted by atomic mass is 16.5. The number of ether oxygens (including phenoxy) is 1. The quantitative estimate of drug-likeness (QED) is 0.456. The van der Waals surface area contributed by atoms with E-state index in [1.165, 1.54) is 11.0 Å². The number of esters is 1. The maximum atomic E-state index is 12.5. The van der Waals surface area contributed by atoms with Crippen molar-refractivity contribution in [1.29, 1.82) is 0 Å². The fourth-order valence-electron chi connectivity index (χ4n) is 1.77. The SMILES string of the molecule is CCOC(=O)C(C)N(C)C(=O)c1ccccc1/C=C/C=O. The van der Waals surface area contributed by atoms with Gasteiger partial charge in [-0.05, 0) is 31.6 Å². The van der Waals surface area contributed by atoms with Crippen molar-refractivity contribution in [3.63, 3.8) is 0 Å². The molecule has 1 amide bonds. The largest absolute Gasteiger partial charge is 0.464 e. The van der Waals surface area contributed by atoms with Crippen LogP contribution in [0.4, 0.5) is 0 Å². The molecule has 0 N–H and O–H groups in total. The molecule has 0 bridgehead atoms. The second kappa shape index (κ2) is 7.99. The molecule has 0 spiro atoms. The molecule has 0 heterocycles. The smallest absolute Gasteiger partial charge is 0.328 e. The van der Waals surface area contributed by atoms with Crippen molar-refractivity contribution in [1.82, 2.24) is 4.90 Å². The van der Waals surface area contributed by atoms with Crippen LogP contribution < -0.4 is 0 Å². The number of carbonyl (C=O) groups excluding carboxylic acids is 3. The van der Waals surface area contributed by atoms with Crippen molar-refractivity contribution >= 4 is 24.2 Å². The monoisotopic (exact) mass is 289 g/mol. The van der Waals surface area contributed by atoms with Gasteiger partial charge >= 0.3 is 5.97 Å². The van der Waals surface area contributed by atoms with Crippen LogP contribution in [0, 0.1) is 0 Å². The van der Waals surface area contributed by atoms with E-state index in [2.05, 4.69) is 0 Å². The van der Waals surface area contributed by atoms with Crippen LogP contribution in [0.5, 0.6) is 0 Å². The molecule has 0 aliphatic carbocycles. The molecular weight excluding hydrogens is 270 g/mol. The minimum atomic E-state index is -0.680. The molecule has 5 heteroatoms. The third kappa shape index (κ3) is 4.27. The van der Waals surface area contributed by atoms with E-state index in [0.29, 0.717) is 17.4 Å². The zero-order chi connectivity index (χ0) is 15.8. The molecule has 1 atom stereocenters. The molecule has 0 aliphatic rings. The zero-order valence-electron chi connectivity index (χ0n) is 12.4. The minimum absolute atomic E-state index is 0.268. The summed E-state index contributed by atoms with van der Waals surface area (Å²) in [5.74, 6) is -0.754. The van der Waals surface area contributed by atoms with Gasteiger partial charge < -0.3 is 9.64 Å². The molecule has 0 radical (unpaired) electrons. The molecule has 21 heavy (non-hydrogen) atoms. The first-order valence-electron chi connectivity index (χ1n) is 6.67. The van der Waals surface area contributed by atoms with Gasteiger partial charge in [0.1, 0.15) is 12.3 Å². The molecule has 1 unspecified atom stereocenters. The topological polar surface area (TPSA) is 63.7 Å². The van der Waals surface area contributed by atoms with Crippen LogP contribution >= 0.6 is 0 Å². The van der Waals surface area contributed by atoms with Gasteiger partial charge in [-0.3, -0.25) is 9.59 Å². The van der Waals surface area contributed by atoms with E-state index in [9.17, 15) is 14.4 Å². The summed E-state index contributed by atoms with van der Waals surface area (Å²) in [6.45, 7) is 3.59. The van der Waals surface area contributed by atoms with Crippen molar-refractivity contribution in [2.45, 2.75) is 19.9 Å². The van der Waals surface area contributed by atoms with Gasteiger partial charge in [-0.15, -0.1) is 0 Å².